The third-order valence-corrected chi connectivity index (χ3v) is 5.89. The third kappa shape index (κ3) is 4.78. The Labute approximate surface area is 141 Å². The second-order valence-corrected chi connectivity index (χ2v) is 7.98. The Kier molecular flexibility index (Phi) is 5.95. The number of hydrogen-bond donors (Lipinski definition) is 2. The lowest BCUT2D eigenvalue weighted by Gasteiger charge is -2.31. The molecule has 7 nitrogen and oxygen atoms in total. The Morgan fingerprint density at radius 2 is 2.00 bits per heavy atom. The highest BCUT2D eigenvalue weighted by atomic mass is 32.2. The van der Waals surface area contributed by atoms with Gasteiger partial charge in [-0.3, -0.25) is 9.59 Å². The molecule has 1 unspecified atom stereocenters. The maximum atomic E-state index is 12.6. The Morgan fingerprint density at radius 1 is 1.33 bits per heavy atom. The van der Waals surface area contributed by atoms with Gasteiger partial charge in [0.2, 0.25) is 15.9 Å². The zero-order chi connectivity index (χ0) is 17.7. The molecule has 2 rings (SSSR count). The number of hydrogen-bond acceptors (Lipinski definition) is 4. The van der Waals surface area contributed by atoms with Crippen molar-refractivity contribution in [3.8, 4) is 0 Å². The van der Waals surface area contributed by atoms with Gasteiger partial charge < -0.3 is 10.4 Å². The van der Waals surface area contributed by atoms with Gasteiger partial charge in [0.1, 0.15) is 6.04 Å². The van der Waals surface area contributed by atoms with E-state index >= 15 is 0 Å². The number of carboxylic acids is 1. The summed E-state index contributed by atoms with van der Waals surface area (Å²) in [5.74, 6) is -2.16. The zero-order valence-corrected chi connectivity index (χ0v) is 14.3. The lowest BCUT2D eigenvalue weighted by Crippen LogP contribution is -2.48. The number of nitrogens with zero attached hydrogens (tertiary/aromatic N) is 1. The van der Waals surface area contributed by atoms with E-state index in [1.54, 1.807) is 24.3 Å². The highest BCUT2D eigenvalue weighted by Gasteiger charge is 2.33. The predicted octanol–water partition coefficient (Wildman–Crippen LogP) is 0.818. The van der Waals surface area contributed by atoms with E-state index < -0.39 is 33.9 Å². The first-order valence-corrected chi connectivity index (χ1v) is 9.45. The van der Waals surface area contributed by atoms with Crippen molar-refractivity contribution in [1.82, 2.24) is 9.62 Å². The number of carboxylic acid groups (broad SMARTS) is 1. The van der Waals surface area contributed by atoms with Gasteiger partial charge in [-0.05, 0) is 25.3 Å². The molecule has 24 heavy (non-hydrogen) atoms. The summed E-state index contributed by atoms with van der Waals surface area (Å²) >= 11 is 0. The van der Waals surface area contributed by atoms with Crippen LogP contribution in [-0.2, 0) is 25.4 Å². The molecule has 1 aromatic carbocycles. The molecule has 1 fully saturated rings. The van der Waals surface area contributed by atoms with Crippen LogP contribution in [0.15, 0.2) is 30.3 Å². The summed E-state index contributed by atoms with van der Waals surface area (Å²) in [5.41, 5.74) is 0.698. The number of rotatable bonds is 6. The first-order valence-electron chi connectivity index (χ1n) is 7.84. The van der Waals surface area contributed by atoms with Crippen LogP contribution in [0.1, 0.15) is 25.3 Å². The van der Waals surface area contributed by atoms with E-state index in [1.165, 1.54) is 11.2 Å². The van der Waals surface area contributed by atoms with E-state index in [9.17, 15) is 18.0 Å². The molecule has 1 saturated heterocycles. The molecular formula is C16H22N2O5S. The summed E-state index contributed by atoms with van der Waals surface area (Å²) in [7, 11) is -3.51. The molecule has 1 aromatic rings. The summed E-state index contributed by atoms with van der Waals surface area (Å²) in [5, 5.41) is 11.3. The number of carbonyl (C=O) groups excluding carboxylic acids is 1. The average Bonchev–Trinajstić information content (AvgIpc) is 2.55. The van der Waals surface area contributed by atoms with E-state index in [2.05, 4.69) is 5.32 Å². The van der Waals surface area contributed by atoms with Crippen LogP contribution < -0.4 is 5.32 Å². The van der Waals surface area contributed by atoms with Gasteiger partial charge in [0.05, 0.1) is 11.7 Å². The van der Waals surface area contributed by atoms with Crippen molar-refractivity contribution in [3.63, 3.8) is 0 Å². The number of amides is 1. The molecule has 1 aliphatic heterocycles. The highest BCUT2D eigenvalue weighted by molar-refractivity contribution is 7.88. The van der Waals surface area contributed by atoms with Gasteiger partial charge in [-0.15, -0.1) is 0 Å². The molecule has 0 spiro atoms. The number of benzene rings is 1. The van der Waals surface area contributed by atoms with Gasteiger partial charge in [-0.25, -0.2) is 12.7 Å². The van der Waals surface area contributed by atoms with Crippen molar-refractivity contribution < 1.29 is 23.1 Å². The van der Waals surface area contributed by atoms with Crippen molar-refractivity contribution in [2.45, 2.75) is 31.6 Å². The maximum absolute atomic E-state index is 12.6. The second kappa shape index (κ2) is 7.76. The van der Waals surface area contributed by atoms with Gasteiger partial charge >= 0.3 is 5.97 Å². The van der Waals surface area contributed by atoms with Crippen LogP contribution in [-0.4, -0.2) is 48.8 Å². The average molecular weight is 354 g/mol. The topological polar surface area (TPSA) is 104 Å². The molecule has 1 amide bonds. The van der Waals surface area contributed by atoms with Crippen molar-refractivity contribution in [2.24, 2.45) is 5.92 Å². The first-order chi connectivity index (χ1) is 11.3. The summed E-state index contributed by atoms with van der Waals surface area (Å²) in [6, 6.07) is 7.89. The van der Waals surface area contributed by atoms with E-state index in [0.29, 0.717) is 24.9 Å². The summed E-state index contributed by atoms with van der Waals surface area (Å²) in [4.78, 5) is 23.0. The van der Waals surface area contributed by atoms with E-state index in [-0.39, 0.29) is 12.3 Å². The first kappa shape index (κ1) is 18.4. The van der Waals surface area contributed by atoms with Gasteiger partial charge in [0.15, 0.2) is 0 Å². The van der Waals surface area contributed by atoms with Crippen molar-refractivity contribution in [3.05, 3.63) is 35.9 Å². The van der Waals surface area contributed by atoms with Crippen LogP contribution in [0.5, 0.6) is 0 Å². The lowest BCUT2D eigenvalue weighted by atomic mass is 9.98. The fraction of sp³-hybridized carbons (Fsp3) is 0.500. The fourth-order valence-corrected chi connectivity index (χ4v) is 4.29. The normalized spacial score (nSPS) is 20.3. The molecule has 2 N–H and O–H groups in total. The SMILES string of the molecule is C[C@H](NC(=O)C1CCCN(S(=O)(=O)Cc2ccccc2)C1)C(=O)O. The third-order valence-electron chi connectivity index (χ3n) is 4.07. The van der Waals surface area contributed by atoms with Crippen molar-refractivity contribution >= 4 is 21.9 Å². The molecule has 0 aliphatic carbocycles. The maximum Gasteiger partial charge on any atom is 0.325 e. The summed E-state index contributed by atoms with van der Waals surface area (Å²) in [6.07, 6.45) is 1.13. The lowest BCUT2D eigenvalue weighted by molar-refractivity contribution is -0.142. The van der Waals surface area contributed by atoms with Crippen LogP contribution in [0.2, 0.25) is 0 Å². The van der Waals surface area contributed by atoms with Crippen molar-refractivity contribution in [2.75, 3.05) is 13.1 Å². The minimum absolute atomic E-state index is 0.0906. The van der Waals surface area contributed by atoms with Crippen molar-refractivity contribution in [1.29, 1.82) is 0 Å². The molecule has 8 heteroatoms. The molecule has 0 aromatic heterocycles. The largest absolute Gasteiger partial charge is 0.480 e. The Morgan fingerprint density at radius 3 is 2.62 bits per heavy atom. The predicted molar refractivity (Wildman–Crippen MR) is 88.6 cm³/mol. The number of nitrogens with one attached hydrogen (secondary N) is 1. The molecule has 0 bridgehead atoms. The Hall–Kier alpha value is -1.93. The summed E-state index contributed by atoms with van der Waals surface area (Å²) in [6.45, 7) is 1.85. The highest BCUT2D eigenvalue weighted by Crippen LogP contribution is 2.21. The van der Waals surface area contributed by atoms with Gasteiger partial charge in [-0.1, -0.05) is 30.3 Å². The van der Waals surface area contributed by atoms with Gasteiger partial charge in [-0.2, -0.15) is 0 Å². The molecule has 0 radical (unpaired) electrons. The van der Waals surface area contributed by atoms with Crippen LogP contribution >= 0.6 is 0 Å². The standard InChI is InChI=1S/C16H22N2O5S/c1-12(16(20)21)17-15(19)14-8-5-9-18(10-14)24(22,23)11-13-6-3-2-4-7-13/h2-4,6-7,12,14H,5,8-11H2,1H3,(H,17,19)(H,20,21)/t12-,14?/m0/s1. The molecule has 1 heterocycles. The Bertz CT molecular complexity index is 690. The molecule has 1 aliphatic rings. The quantitative estimate of drug-likeness (QED) is 0.787. The number of carbonyl (C=O) groups is 2. The number of sulfonamides is 1. The molecule has 2 atom stereocenters. The molecule has 0 saturated carbocycles. The summed E-state index contributed by atoms with van der Waals surface area (Å²) < 4.78 is 26.4. The smallest absolute Gasteiger partial charge is 0.325 e. The van der Waals surface area contributed by atoms with E-state index in [0.717, 1.165) is 0 Å². The van der Waals surface area contributed by atoms with Crippen LogP contribution in [0.25, 0.3) is 0 Å². The molecular weight excluding hydrogens is 332 g/mol. The molecule has 132 valence electrons. The Balaban J connectivity index is 2.01. The van der Waals surface area contributed by atoms with Gasteiger partial charge in [0.25, 0.3) is 0 Å². The number of aliphatic carboxylic acids is 1. The number of piperidine rings is 1. The van der Waals surface area contributed by atoms with E-state index in [4.69, 9.17) is 5.11 Å². The van der Waals surface area contributed by atoms with Crippen LogP contribution in [0, 0.1) is 5.92 Å². The second-order valence-electron chi connectivity index (χ2n) is 6.01. The minimum atomic E-state index is -3.51. The van der Waals surface area contributed by atoms with Crippen LogP contribution in [0.3, 0.4) is 0 Å². The zero-order valence-electron chi connectivity index (χ0n) is 13.5. The monoisotopic (exact) mass is 354 g/mol. The minimum Gasteiger partial charge on any atom is -0.480 e. The fourth-order valence-electron chi connectivity index (χ4n) is 2.68. The van der Waals surface area contributed by atoms with Gasteiger partial charge in [0, 0.05) is 13.1 Å². The van der Waals surface area contributed by atoms with E-state index in [1.807, 2.05) is 6.07 Å². The van der Waals surface area contributed by atoms with Crippen LogP contribution in [0.4, 0.5) is 0 Å².